The van der Waals surface area contributed by atoms with Gasteiger partial charge in [0.1, 0.15) is 0 Å². The molecule has 0 spiro atoms. The maximum atomic E-state index is 6.14. The van der Waals surface area contributed by atoms with Gasteiger partial charge in [0.2, 0.25) is 0 Å². The van der Waals surface area contributed by atoms with Crippen molar-refractivity contribution < 1.29 is 4.74 Å². The molecule has 0 bridgehead atoms. The zero-order valence-corrected chi connectivity index (χ0v) is 11.6. The van der Waals surface area contributed by atoms with E-state index in [1.807, 2.05) is 6.07 Å². The molecule has 18 heavy (non-hydrogen) atoms. The van der Waals surface area contributed by atoms with Gasteiger partial charge in [-0.1, -0.05) is 24.6 Å². The molecule has 100 valence electrons. The summed E-state index contributed by atoms with van der Waals surface area (Å²) in [6, 6.07) is 6.53. The molecule has 4 heteroatoms. The van der Waals surface area contributed by atoms with Gasteiger partial charge in [0.05, 0.1) is 19.3 Å². The molecule has 0 aliphatic carbocycles. The van der Waals surface area contributed by atoms with E-state index in [1.165, 1.54) is 11.3 Å². The van der Waals surface area contributed by atoms with Crippen molar-refractivity contribution in [3.05, 3.63) is 28.8 Å². The van der Waals surface area contributed by atoms with Gasteiger partial charge in [0.25, 0.3) is 0 Å². The van der Waals surface area contributed by atoms with Crippen LogP contribution in [0.3, 0.4) is 0 Å². The van der Waals surface area contributed by atoms with Crippen molar-refractivity contribution in [2.75, 3.05) is 31.2 Å². The van der Waals surface area contributed by atoms with Gasteiger partial charge < -0.3 is 15.4 Å². The predicted molar refractivity (Wildman–Crippen MR) is 76.5 cm³/mol. The zero-order chi connectivity index (χ0) is 13.0. The van der Waals surface area contributed by atoms with Crippen molar-refractivity contribution in [2.24, 2.45) is 5.73 Å². The van der Waals surface area contributed by atoms with Crippen LogP contribution in [0, 0.1) is 0 Å². The molecular formula is C14H21ClN2O. The Morgan fingerprint density at radius 2 is 2.33 bits per heavy atom. The van der Waals surface area contributed by atoms with Crippen LogP contribution >= 0.6 is 11.6 Å². The van der Waals surface area contributed by atoms with E-state index in [9.17, 15) is 0 Å². The monoisotopic (exact) mass is 268 g/mol. The van der Waals surface area contributed by atoms with Gasteiger partial charge in [-0.3, -0.25) is 0 Å². The summed E-state index contributed by atoms with van der Waals surface area (Å²) in [7, 11) is 0. The third kappa shape index (κ3) is 2.97. The minimum Gasteiger partial charge on any atom is -0.377 e. The number of nitrogens with two attached hydrogens (primary N) is 1. The smallest absolute Gasteiger partial charge is 0.0670 e. The predicted octanol–water partition coefficient (Wildman–Crippen LogP) is 2.46. The van der Waals surface area contributed by atoms with E-state index in [-0.39, 0.29) is 0 Å². The normalized spacial score (nSPS) is 20.2. The molecule has 1 heterocycles. The second-order valence-corrected chi connectivity index (χ2v) is 5.08. The number of halogens is 1. The van der Waals surface area contributed by atoms with Gasteiger partial charge in [-0.15, -0.1) is 0 Å². The van der Waals surface area contributed by atoms with Crippen LogP contribution in [-0.4, -0.2) is 32.3 Å². The molecule has 1 aliphatic rings. The molecule has 0 saturated carbocycles. The number of benzene rings is 1. The van der Waals surface area contributed by atoms with Crippen LogP contribution in [-0.2, 0) is 11.2 Å². The van der Waals surface area contributed by atoms with Gasteiger partial charge in [-0.25, -0.2) is 0 Å². The lowest BCUT2D eigenvalue weighted by atomic mass is 10.1. The molecule has 0 amide bonds. The summed E-state index contributed by atoms with van der Waals surface area (Å²) < 4.78 is 5.56. The van der Waals surface area contributed by atoms with Crippen molar-refractivity contribution in [3.8, 4) is 0 Å². The van der Waals surface area contributed by atoms with Crippen molar-refractivity contribution in [2.45, 2.75) is 25.8 Å². The highest BCUT2D eigenvalue weighted by Crippen LogP contribution is 2.29. The molecule has 2 rings (SSSR count). The molecule has 0 aromatic heterocycles. The number of rotatable bonds is 4. The maximum Gasteiger partial charge on any atom is 0.0670 e. The first-order valence-corrected chi connectivity index (χ1v) is 6.97. The van der Waals surface area contributed by atoms with Crippen molar-refractivity contribution in [1.82, 2.24) is 0 Å². The van der Waals surface area contributed by atoms with Crippen LogP contribution in [0.4, 0.5) is 5.69 Å². The molecule has 1 unspecified atom stereocenters. The largest absolute Gasteiger partial charge is 0.377 e. The fourth-order valence-corrected chi connectivity index (χ4v) is 2.65. The summed E-state index contributed by atoms with van der Waals surface area (Å²) in [5.74, 6) is 0. The lowest BCUT2D eigenvalue weighted by Gasteiger charge is -2.38. The number of nitrogens with zero attached hydrogens (tertiary/aromatic N) is 1. The number of hydrogen-bond donors (Lipinski definition) is 1. The Morgan fingerprint density at radius 3 is 3.06 bits per heavy atom. The van der Waals surface area contributed by atoms with E-state index in [2.05, 4.69) is 24.0 Å². The van der Waals surface area contributed by atoms with E-state index in [0.717, 1.165) is 37.6 Å². The number of anilines is 1. The lowest BCUT2D eigenvalue weighted by molar-refractivity contribution is 0.0929. The first-order chi connectivity index (χ1) is 8.76. The van der Waals surface area contributed by atoms with Crippen molar-refractivity contribution in [1.29, 1.82) is 0 Å². The summed E-state index contributed by atoms with van der Waals surface area (Å²) >= 11 is 6.14. The maximum absolute atomic E-state index is 6.14. The average molecular weight is 269 g/mol. The van der Waals surface area contributed by atoms with Crippen LogP contribution in [0.5, 0.6) is 0 Å². The SMILES string of the molecule is CCC1COCCN1c1cc(Cl)ccc1CCN. The molecule has 1 aliphatic heterocycles. The van der Waals surface area contributed by atoms with E-state index in [4.69, 9.17) is 22.1 Å². The topological polar surface area (TPSA) is 38.5 Å². The van der Waals surface area contributed by atoms with E-state index < -0.39 is 0 Å². The van der Waals surface area contributed by atoms with Crippen LogP contribution in [0.2, 0.25) is 5.02 Å². The second-order valence-electron chi connectivity index (χ2n) is 4.64. The van der Waals surface area contributed by atoms with Crippen LogP contribution in [0.1, 0.15) is 18.9 Å². The molecule has 1 aromatic rings. The minimum absolute atomic E-state index is 0.439. The third-order valence-electron chi connectivity index (χ3n) is 3.47. The zero-order valence-electron chi connectivity index (χ0n) is 10.9. The quantitative estimate of drug-likeness (QED) is 0.912. The van der Waals surface area contributed by atoms with Gasteiger partial charge in [-0.05, 0) is 37.1 Å². The Labute approximate surface area is 114 Å². The molecule has 1 fully saturated rings. The summed E-state index contributed by atoms with van der Waals surface area (Å²) in [6.07, 6.45) is 1.97. The average Bonchev–Trinajstić information content (AvgIpc) is 2.41. The highest BCUT2D eigenvalue weighted by molar-refractivity contribution is 6.30. The number of ether oxygens (including phenoxy) is 1. The summed E-state index contributed by atoms with van der Waals surface area (Å²) in [4.78, 5) is 2.42. The fourth-order valence-electron chi connectivity index (χ4n) is 2.48. The molecule has 1 aromatic carbocycles. The summed E-state index contributed by atoms with van der Waals surface area (Å²) in [5, 5.41) is 0.784. The molecule has 3 nitrogen and oxygen atoms in total. The van der Waals surface area contributed by atoms with Gasteiger partial charge in [0.15, 0.2) is 0 Å². The number of hydrogen-bond acceptors (Lipinski definition) is 3. The Morgan fingerprint density at radius 1 is 1.50 bits per heavy atom. The Hall–Kier alpha value is -0.770. The summed E-state index contributed by atoms with van der Waals surface area (Å²) in [6.45, 7) is 5.36. The first-order valence-electron chi connectivity index (χ1n) is 6.59. The molecular weight excluding hydrogens is 248 g/mol. The molecule has 1 atom stereocenters. The Bertz CT molecular complexity index is 397. The second kappa shape index (κ2) is 6.41. The minimum atomic E-state index is 0.439. The van der Waals surface area contributed by atoms with Gasteiger partial charge >= 0.3 is 0 Å². The van der Waals surface area contributed by atoms with Crippen LogP contribution < -0.4 is 10.6 Å². The standard InChI is InChI=1S/C14H21ClN2O/c1-2-13-10-18-8-7-17(13)14-9-12(15)4-3-11(14)5-6-16/h3-4,9,13H,2,5-8,10,16H2,1H3. The van der Waals surface area contributed by atoms with Gasteiger partial charge in [-0.2, -0.15) is 0 Å². The van der Waals surface area contributed by atoms with E-state index in [1.54, 1.807) is 0 Å². The van der Waals surface area contributed by atoms with E-state index >= 15 is 0 Å². The van der Waals surface area contributed by atoms with Crippen molar-refractivity contribution in [3.63, 3.8) is 0 Å². The molecule has 0 radical (unpaired) electrons. The molecule has 1 saturated heterocycles. The third-order valence-corrected chi connectivity index (χ3v) is 3.70. The number of morpholine rings is 1. The Kier molecular flexibility index (Phi) is 4.87. The Balaban J connectivity index is 2.31. The fraction of sp³-hybridized carbons (Fsp3) is 0.571. The summed E-state index contributed by atoms with van der Waals surface area (Å²) in [5.41, 5.74) is 8.19. The highest BCUT2D eigenvalue weighted by Gasteiger charge is 2.23. The van der Waals surface area contributed by atoms with Crippen LogP contribution in [0.25, 0.3) is 0 Å². The van der Waals surface area contributed by atoms with Crippen molar-refractivity contribution >= 4 is 17.3 Å². The van der Waals surface area contributed by atoms with Crippen LogP contribution in [0.15, 0.2) is 18.2 Å². The first kappa shape index (κ1) is 13.7. The lowest BCUT2D eigenvalue weighted by Crippen LogP contribution is -2.45. The molecule has 2 N–H and O–H groups in total. The van der Waals surface area contributed by atoms with Gasteiger partial charge in [0, 0.05) is 17.3 Å². The van der Waals surface area contributed by atoms with E-state index in [0.29, 0.717) is 12.6 Å². The highest BCUT2D eigenvalue weighted by atomic mass is 35.5.